The molecular weight excluding hydrogens is 208 g/mol. The highest BCUT2D eigenvalue weighted by Gasteiger charge is 1.96. The summed E-state index contributed by atoms with van der Waals surface area (Å²) in [6.07, 6.45) is 0. The Morgan fingerprint density at radius 3 is 2.21 bits per heavy atom. The minimum Gasteiger partial charge on any atom is -0.0901 e. The van der Waals surface area contributed by atoms with Crippen molar-refractivity contribution < 1.29 is 0 Å². The lowest BCUT2D eigenvalue weighted by Gasteiger charge is -2.00. The zero-order chi connectivity index (χ0) is 9.80. The predicted octanol–water partition coefficient (Wildman–Crippen LogP) is 4.39. The summed E-state index contributed by atoms with van der Waals surface area (Å²) in [5, 5.41) is 0. The van der Waals surface area contributed by atoms with Crippen LogP contribution in [-0.4, -0.2) is 0 Å². The Morgan fingerprint density at radius 2 is 1.50 bits per heavy atom. The van der Waals surface area contributed by atoms with Crippen molar-refractivity contribution in [2.45, 2.75) is 14.7 Å². The van der Waals surface area contributed by atoms with Crippen LogP contribution in [0.1, 0.15) is 0 Å². The lowest BCUT2D eigenvalue weighted by molar-refractivity contribution is 1.33. The number of hydrogen-bond donors (Lipinski definition) is 0. The predicted molar refractivity (Wildman–Crippen MR) is 62.9 cm³/mol. The van der Waals surface area contributed by atoms with E-state index in [2.05, 4.69) is 18.2 Å². The minimum atomic E-state index is 0.894. The summed E-state index contributed by atoms with van der Waals surface area (Å²) in [5.74, 6) is 0. The molecule has 2 heteroatoms. The van der Waals surface area contributed by atoms with Gasteiger partial charge in [-0.3, -0.25) is 0 Å². The molecule has 0 nitrogen and oxygen atoms in total. The Hall–Kier alpha value is -0.990. The van der Waals surface area contributed by atoms with E-state index in [4.69, 9.17) is 12.6 Å². The lowest BCUT2D eigenvalue weighted by atomic mass is 10.4. The van der Waals surface area contributed by atoms with Crippen LogP contribution in [0.5, 0.6) is 0 Å². The molecule has 2 aromatic rings. The summed E-state index contributed by atoms with van der Waals surface area (Å²) in [6.45, 7) is 0. The van der Waals surface area contributed by atoms with Crippen LogP contribution in [0.3, 0.4) is 0 Å². The maximum atomic E-state index is 5.10. The van der Waals surface area contributed by atoms with E-state index >= 15 is 0 Å². The first kappa shape index (κ1) is 9.56. The van der Waals surface area contributed by atoms with Crippen LogP contribution < -0.4 is 0 Å². The fourth-order valence-electron chi connectivity index (χ4n) is 1.16. The van der Waals surface area contributed by atoms with E-state index in [1.165, 1.54) is 9.79 Å². The summed E-state index contributed by atoms with van der Waals surface area (Å²) in [7, 11) is 0. The first-order valence-electron chi connectivity index (χ1n) is 4.34. The Labute approximate surface area is 93.8 Å². The number of rotatable bonds is 2. The van der Waals surface area contributed by atoms with Crippen molar-refractivity contribution in [1.29, 1.82) is 0 Å². The van der Waals surface area contributed by atoms with Gasteiger partial charge < -0.3 is 0 Å². The monoisotopic (exact) mass is 217 g/mol. The van der Waals surface area contributed by atoms with Gasteiger partial charge in [0.25, 0.3) is 0 Å². The van der Waals surface area contributed by atoms with E-state index in [1.54, 1.807) is 11.8 Å². The molecule has 0 saturated carbocycles. The molecule has 0 bridgehead atoms. The van der Waals surface area contributed by atoms with E-state index in [9.17, 15) is 0 Å². The van der Waals surface area contributed by atoms with E-state index in [0.29, 0.717) is 0 Å². The standard InChI is InChI=1S/C12H9S2/c13-10-5-4-8-12(9-10)14-11-6-2-1-3-7-11/h1-9H. The molecule has 0 aliphatic heterocycles. The molecule has 0 N–H and O–H groups in total. The van der Waals surface area contributed by atoms with Crippen molar-refractivity contribution in [3.05, 3.63) is 54.6 Å². The quantitative estimate of drug-likeness (QED) is 0.718. The molecule has 0 unspecified atom stereocenters. The van der Waals surface area contributed by atoms with Gasteiger partial charge in [0.2, 0.25) is 0 Å². The fourth-order valence-corrected chi connectivity index (χ4v) is 2.34. The van der Waals surface area contributed by atoms with E-state index in [-0.39, 0.29) is 0 Å². The lowest BCUT2D eigenvalue weighted by Crippen LogP contribution is -1.72. The Morgan fingerprint density at radius 1 is 0.786 bits per heavy atom. The molecule has 0 aliphatic rings. The van der Waals surface area contributed by atoms with Crippen molar-refractivity contribution in [3.8, 4) is 0 Å². The molecular formula is C12H9S2. The second kappa shape index (κ2) is 4.49. The highest BCUT2D eigenvalue weighted by atomic mass is 32.2. The van der Waals surface area contributed by atoms with Gasteiger partial charge in [0.1, 0.15) is 0 Å². The van der Waals surface area contributed by atoms with Gasteiger partial charge in [-0.05, 0) is 30.3 Å². The van der Waals surface area contributed by atoms with Gasteiger partial charge in [0.15, 0.2) is 0 Å². The van der Waals surface area contributed by atoms with Gasteiger partial charge in [-0.15, -0.1) is 0 Å². The largest absolute Gasteiger partial charge is 0.0901 e. The topological polar surface area (TPSA) is 0 Å². The highest BCUT2D eigenvalue weighted by molar-refractivity contribution is 7.99. The van der Waals surface area contributed by atoms with Crippen molar-refractivity contribution in [2.24, 2.45) is 0 Å². The summed E-state index contributed by atoms with van der Waals surface area (Å²) in [5.41, 5.74) is 0. The SMILES string of the molecule is [S]c1cccc(Sc2ccccc2)c1. The first-order valence-corrected chi connectivity index (χ1v) is 5.57. The van der Waals surface area contributed by atoms with Crippen LogP contribution in [0.25, 0.3) is 0 Å². The average Bonchev–Trinajstić information content (AvgIpc) is 2.19. The van der Waals surface area contributed by atoms with Crippen LogP contribution in [0.15, 0.2) is 69.3 Å². The smallest absolute Gasteiger partial charge is 0.0388 e. The van der Waals surface area contributed by atoms with E-state index in [1.807, 2.05) is 36.4 Å². The minimum absolute atomic E-state index is 0.894. The molecule has 2 aromatic carbocycles. The van der Waals surface area contributed by atoms with Crippen molar-refractivity contribution in [2.75, 3.05) is 0 Å². The number of hydrogen-bond acceptors (Lipinski definition) is 1. The molecule has 2 rings (SSSR count). The van der Waals surface area contributed by atoms with Gasteiger partial charge in [-0.1, -0.05) is 48.7 Å². The van der Waals surface area contributed by atoms with Crippen molar-refractivity contribution in [1.82, 2.24) is 0 Å². The maximum absolute atomic E-state index is 5.10. The molecule has 0 amide bonds. The summed E-state index contributed by atoms with van der Waals surface area (Å²) >= 11 is 6.84. The van der Waals surface area contributed by atoms with Gasteiger partial charge in [0.05, 0.1) is 0 Å². The van der Waals surface area contributed by atoms with Gasteiger partial charge in [-0.2, -0.15) is 0 Å². The van der Waals surface area contributed by atoms with E-state index < -0.39 is 0 Å². The maximum Gasteiger partial charge on any atom is 0.0388 e. The highest BCUT2D eigenvalue weighted by Crippen LogP contribution is 2.28. The summed E-state index contributed by atoms with van der Waals surface area (Å²) in [4.78, 5) is 3.34. The first-order chi connectivity index (χ1) is 6.84. The third-order valence-electron chi connectivity index (χ3n) is 1.78. The van der Waals surface area contributed by atoms with Crippen LogP contribution >= 0.6 is 24.4 Å². The molecule has 0 atom stereocenters. The molecule has 0 saturated heterocycles. The van der Waals surface area contributed by atoms with Crippen LogP contribution in [0.4, 0.5) is 0 Å². The third-order valence-corrected chi connectivity index (χ3v) is 3.04. The van der Waals surface area contributed by atoms with Gasteiger partial charge in [0, 0.05) is 14.7 Å². The van der Waals surface area contributed by atoms with Crippen LogP contribution in [0, 0.1) is 0 Å². The molecule has 0 heterocycles. The average molecular weight is 217 g/mol. The van der Waals surface area contributed by atoms with Gasteiger partial charge >= 0.3 is 0 Å². The summed E-state index contributed by atoms with van der Waals surface area (Å²) in [6, 6.07) is 18.3. The van der Waals surface area contributed by atoms with Crippen molar-refractivity contribution >= 4 is 24.4 Å². The van der Waals surface area contributed by atoms with Crippen LogP contribution in [-0.2, 0) is 0 Å². The van der Waals surface area contributed by atoms with E-state index in [0.717, 1.165) is 4.90 Å². The molecule has 0 aromatic heterocycles. The normalized spacial score (nSPS) is 10.0. The summed E-state index contributed by atoms with van der Waals surface area (Å²) < 4.78 is 0. The third kappa shape index (κ3) is 2.50. The molecule has 0 spiro atoms. The fraction of sp³-hybridized carbons (Fsp3) is 0. The molecule has 69 valence electrons. The second-order valence-corrected chi connectivity index (χ2v) is 4.51. The molecule has 0 aliphatic carbocycles. The zero-order valence-electron chi connectivity index (χ0n) is 7.51. The molecule has 14 heavy (non-hydrogen) atoms. The number of benzene rings is 2. The molecule has 0 fully saturated rings. The zero-order valence-corrected chi connectivity index (χ0v) is 9.15. The Balaban J connectivity index is 2.19. The van der Waals surface area contributed by atoms with Crippen LogP contribution in [0.2, 0.25) is 0 Å². The Kier molecular flexibility index (Phi) is 3.07. The molecule has 1 radical (unpaired) electrons. The Bertz CT molecular complexity index is 410. The van der Waals surface area contributed by atoms with Crippen molar-refractivity contribution in [3.63, 3.8) is 0 Å². The second-order valence-electron chi connectivity index (χ2n) is 2.89. The van der Waals surface area contributed by atoms with Gasteiger partial charge in [-0.25, -0.2) is 0 Å².